The minimum absolute atomic E-state index is 0.166. The van der Waals surface area contributed by atoms with E-state index in [0.29, 0.717) is 25.7 Å². The number of aryl methyl sites for hydroxylation is 1. The summed E-state index contributed by atoms with van der Waals surface area (Å²) >= 11 is 0. The highest BCUT2D eigenvalue weighted by Gasteiger charge is 2.33. The third kappa shape index (κ3) is 4.84. The first-order valence-electron chi connectivity index (χ1n) is 7.25. The molecule has 1 fully saturated rings. The maximum absolute atomic E-state index is 14.0. The van der Waals surface area contributed by atoms with Crippen molar-refractivity contribution in [1.29, 1.82) is 0 Å². The van der Waals surface area contributed by atoms with Gasteiger partial charge >= 0.3 is 6.36 Å². The average Bonchev–Trinajstić information content (AvgIpc) is 2.42. The number of piperidine rings is 1. The molecule has 2 N–H and O–H groups in total. The first kappa shape index (κ1) is 17.0. The van der Waals surface area contributed by atoms with Gasteiger partial charge in [0.2, 0.25) is 0 Å². The second-order valence-corrected chi connectivity index (χ2v) is 5.60. The second kappa shape index (κ2) is 6.83. The van der Waals surface area contributed by atoms with E-state index in [1.54, 1.807) is 0 Å². The largest absolute Gasteiger partial charge is 0.573 e. The van der Waals surface area contributed by atoms with Crippen LogP contribution in [0.2, 0.25) is 0 Å². The van der Waals surface area contributed by atoms with Crippen LogP contribution in [0.3, 0.4) is 0 Å². The van der Waals surface area contributed by atoms with Crippen LogP contribution in [-0.4, -0.2) is 30.2 Å². The molecule has 1 saturated heterocycles. The van der Waals surface area contributed by atoms with Crippen molar-refractivity contribution in [2.75, 3.05) is 13.1 Å². The summed E-state index contributed by atoms with van der Waals surface area (Å²) in [7, 11) is 0. The van der Waals surface area contributed by atoms with E-state index in [1.165, 1.54) is 12.1 Å². The van der Waals surface area contributed by atoms with Crippen LogP contribution in [0, 0.1) is 5.82 Å². The van der Waals surface area contributed by atoms with Crippen molar-refractivity contribution in [2.45, 2.75) is 44.1 Å². The molecule has 0 atom stereocenters. The number of alkyl halides is 3. The van der Waals surface area contributed by atoms with Crippen LogP contribution < -0.4 is 10.1 Å². The molecule has 7 heteroatoms. The van der Waals surface area contributed by atoms with E-state index in [2.05, 4.69) is 10.1 Å². The van der Waals surface area contributed by atoms with Crippen molar-refractivity contribution in [3.63, 3.8) is 0 Å². The number of nitrogens with one attached hydrogen (secondary N) is 1. The van der Waals surface area contributed by atoms with E-state index < -0.39 is 23.5 Å². The summed E-state index contributed by atoms with van der Waals surface area (Å²) in [6, 6.07) is 3.72. The Morgan fingerprint density at radius 1 is 1.23 bits per heavy atom. The molecule has 1 heterocycles. The minimum Gasteiger partial charge on any atom is -0.403 e. The molecule has 0 aliphatic carbocycles. The van der Waals surface area contributed by atoms with Gasteiger partial charge in [-0.25, -0.2) is 4.39 Å². The van der Waals surface area contributed by atoms with Gasteiger partial charge in [-0.15, -0.1) is 13.2 Å². The van der Waals surface area contributed by atoms with Gasteiger partial charge in [0.15, 0.2) is 11.6 Å². The van der Waals surface area contributed by atoms with Gasteiger partial charge in [-0.05, 0) is 56.8 Å². The molecule has 0 spiro atoms. The smallest absolute Gasteiger partial charge is 0.403 e. The standard InChI is InChI=1S/C15H19F4NO2/c16-13-11(3-1-5-12(13)22-15(17,18)19)4-2-6-14(21)7-9-20-10-8-14/h1,3,5,20-21H,2,4,6-10H2. The third-order valence-corrected chi connectivity index (χ3v) is 3.89. The highest BCUT2D eigenvalue weighted by Crippen LogP contribution is 2.29. The fourth-order valence-corrected chi connectivity index (χ4v) is 2.70. The predicted octanol–water partition coefficient (Wildman–Crippen LogP) is 3.16. The van der Waals surface area contributed by atoms with Gasteiger partial charge in [-0.1, -0.05) is 12.1 Å². The van der Waals surface area contributed by atoms with E-state index >= 15 is 0 Å². The Balaban J connectivity index is 1.94. The summed E-state index contributed by atoms with van der Waals surface area (Å²) in [5, 5.41) is 13.5. The van der Waals surface area contributed by atoms with Crippen molar-refractivity contribution in [3.05, 3.63) is 29.6 Å². The predicted molar refractivity (Wildman–Crippen MR) is 73.1 cm³/mol. The average molecular weight is 321 g/mol. The summed E-state index contributed by atoms with van der Waals surface area (Å²) in [6.07, 6.45) is -2.39. The fraction of sp³-hybridized carbons (Fsp3) is 0.600. The number of ether oxygens (including phenoxy) is 1. The normalized spacial score (nSPS) is 18.2. The van der Waals surface area contributed by atoms with Crippen molar-refractivity contribution in [2.24, 2.45) is 0 Å². The maximum Gasteiger partial charge on any atom is 0.573 e. The molecule has 2 rings (SSSR count). The van der Waals surface area contributed by atoms with Crippen LogP contribution in [0.4, 0.5) is 17.6 Å². The molecule has 3 nitrogen and oxygen atoms in total. The lowest BCUT2D eigenvalue weighted by Gasteiger charge is -2.32. The molecule has 1 aliphatic rings. The summed E-state index contributed by atoms with van der Waals surface area (Å²) in [5.41, 5.74) is -0.596. The molecule has 0 aromatic heterocycles. The lowest BCUT2D eigenvalue weighted by molar-refractivity contribution is -0.275. The lowest BCUT2D eigenvalue weighted by atomic mass is 9.87. The first-order chi connectivity index (χ1) is 10.3. The Kier molecular flexibility index (Phi) is 5.28. The molecule has 22 heavy (non-hydrogen) atoms. The van der Waals surface area contributed by atoms with Gasteiger partial charge in [-0.3, -0.25) is 0 Å². The van der Waals surface area contributed by atoms with E-state index in [4.69, 9.17) is 0 Å². The van der Waals surface area contributed by atoms with Gasteiger partial charge in [0.05, 0.1) is 5.60 Å². The molecule has 0 amide bonds. The highest BCUT2D eigenvalue weighted by atomic mass is 19.4. The number of hydrogen-bond donors (Lipinski definition) is 2. The molecule has 0 radical (unpaired) electrons. The van der Waals surface area contributed by atoms with Crippen LogP contribution in [0.15, 0.2) is 18.2 Å². The maximum atomic E-state index is 14.0. The molecule has 0 unspecified atom stereocenters. The van der Waals surface area contributed by atoms with E-state index in [0.717, 1.165) is 19.2 Å². The van der Waals surface area contributed by atoms with E-state index in [-0.39, 0.29) is 12.0 Å². The van der Waals surface area contributed by atoms with Crippen LogP contribution in [0.25, 0.3) is 0 Å². The van der Waals surface area contributed by atoms with Gasteiger partial charge in [0.1, 0.15) is 0 Å². The summed E-state index contributed by atoms with van der Waals surface area (Å²) < 4.78 is 54.1. The Morgan fingerprint density at radius 2 is 1.91 bits per heavy atom. The minimum atomic E-state index is -4.91. The quantitative estimate of drug-likeness (QED) is 0.819. The van der Waals surface area contributed by atoms with E-state index in [1.807, 2.05) is 0 Å². The van der Waals surface area contributed by atoms with Crippen molar-refractivity contribution in [1.82, 2.24) is 5.32 Å². The molecule has 1 aliphatic heterocycles. The molecule has 124 valence electrons. The second-order valence-electron chi connectivity index (χ2n) is 5.60. The summed E-state index contributed by atoms with van der Waals surface area (Å²) in [5.74, 6) is -1.80. The molecular weight excluding hydrogens is 302 g/mol. The first-order valence-corrected chi connectivity index (χ1v) is 7.25. The lowest BCUT2D eigenvalue weighted by Crippen LogP contribution is -2.41. The number of halogens is 4. The molecule has 0 bridgehead atoms. The number of rotatable bonds is 5. The number of aliphatic hydroxyl groups is 1. The zero-order valence-corrected chi connectivity index (χ0v) is 12.0. The Hall–Kier alpha value is -1.34. The fourth-order valence-electron chi connectivity index (χ4n) is 2.70. The van der Waals surface area contributed by atoms with Crippen molar-refractivity contribution < 1.29 is 27.4 Å². The zero-order valence-electron chi connectivity index (χ0n) is 12.0. The van der Waals surface area contributed by atoms with Crippen LogP contribution >= 0.6 is 0 Å². The number of benzene rings is 1. The Bertz CT molecular complexity index is 499. The molecule has 0 saturated carbocycles. The Morgan fingerprint density at radius 3 is 2.55 bits per heavy atom. The van der Waals surface area contributed by atoms with Crippen LogP contribution in [0.5, 0.6) is 5.75 Å². The van der Waals surface area contributed by atoms with E-state index in [9.17, 15) is 22.7 Å². The van der Waals surface area contributed by atoms with Gasteiger partial charge in [0, 0.05) is 0 Å². The monoisotopic (exact) mass is 321 g/mol. The van der Waals surface area contributed by atoms with Gasteiger partial charge < -0.3 is 15.2 Å². The van der Waals surface area contributed by atoms with Gasteiger partial charge in [-0.2, -0.15) is 0 Å². The van der Waals surface area contributed by atoms with Crippen LogP contribution in [0.1, 0.15) is 31.2 Å². The van der Waals surface area contributed by atoms with Crippen molar-refractivity contribution in [3.8, 4) is 5.75 Å². The SMILES string of the molecule is OC1(CCCc2cccc(OC(F)(F)F)c2F)CCNCC1. The number of hydrogen-bond acceptors (Lipinski definition) is 3. The van der Waals surface area contributed by atoms with Crippen LogP contribution in [-0.2, 0) is 6.42 Å². The third-order valence-electron chi connectivity index (χ3n) is 3.89. The Labute approximate surface area is 126 Å². The highest BCUT2D eigenvalue weighted by molar-refractivity contribution is 5.31. The van der Waals surface area contributed by atoms with Crippen molar-refractivity contribution >= 4 is 0 Å². The summed E-state index contributed by atoms with van der Waals surface area (Å²) in [6.45, 7) is 1.47. The molecule has 1 aromatic rings. The molecular formula is C15H19F4NO2. The summed E-state index contributed by atoms with van der Waals surface area (Å²) in [4.78, 5) is 0. The van der Waals surface area contributed by atoms with Gasteiger partial charge in [0.25, 0.3) is 0 Å². The zero-order chi connectivity index (χ0) is 16.2. The topological polar surface area (TPSA) is 41.5 Å². The molecule has 1 aromatic carbocycles.